The van der Waals surface area contributed by atoms with Crippen LogP contribution in [0.2, 0.25) is 0 Å². The molecule has 1 heteroatoms. The summed E-state index contributed by atoms with van der Waals surface area (Å²) in [5.41, 5.74) is 5.21. The molecule has 0 saturated heterocycles. The van der Waals surface area contributed by atoms with Crippen molar-refractivity contribution in [3.05, 3.63) is 76.4 Å². The van der Waals surface area contributed by atoms with Crippen LogP contribution in [0.25, 0.3) is 6.08 Å². The number of fused-ring (bicyclic) bond motifs is 1. The highest BCUT2D eigenvalue weighted by Gasteiger charge is 2.23. The largest absolute Gasteiger partial charge is 0.289 e. The zero-order valence-corrected chi connectivity index (χ0v) is 10.3. The van der Waals surface area contributed by atoms with Crippen LogP contribution in [0.4, 0.5) is 0 Å². The Labute approximate surface area is 107 Å². The minimum atomic E-state index is 0.172. The van der Waals surface area contributed by atoms with Gasteiger partial charge in [0.05, 0.1) is 0 Å². The maximum Gasteiger partial charge on any atom is 0.189 e. The summed E-state index contributed by atoms with van der Waals surface area (Å²) in [6.45, 7) is 2.06. The normalized spacial score (nSPS) is 16.1. The van der Waals surface area contributed by atoms with E-state index in [1.54, 1.807) is 0 Å². The Kier molecular flexibility index (Phi) is 2.60. The van der Waals surface area contributed by atoms with Crippen LogP contribution in [0.5, 0.6) is 0 Å². The van der Waals surface area contributed by atoms with Crippen molar-refractivity contribution in [1.82, 2.24) is 0 Å². The lowest BCUT2D eigenvalue weighted by atomic mass is 10.1. The molecule has 1 nitrogen and oxygen atoms in total. The third kappa shape index (κ3) is 1.88. The molecule has 0 aromatic heterocycles. The molecule has 3 rings (SSSR count). The van der Waals surface area contributed by atoms with Gasteiger partial charge in [-0.15, -0.1) is 0 Å². The van der Waals surface area contributed by atoms with Crippen LogP contribution in [0.1, 0.15) is 27.0 Å². The maximum atomic E-state index is 12.2. The Morgan fingerprint density at radius 2 is 1.72 bits per heavy atom. The number of allylic oxidation sites excluding steroid dienone is 1. The van der Waals surface area contributed by atoms with Crippen LogP contribution in [-0.2, 0) is 6.42 Å². The number of rotatable bonds is 1. The van der Waals surface area contributed by atoms with Crippen LogP contribution >= 0.6 is 0 Å². The number of aryl methyl sites for hydroxylation is 1. The molecule has 2 aromatic carbocycles. The molecule has 0 saturated carbocycles. The van der Waals surface area contributed by atoms with Crippen LogP contribution < -0.4 is 0 Å². The molecule has 0 fully saturated rings. The van der Waals surface area contributed by atoms with E-state index in [1.165, 1.54) is 5.56 Å². The summed E-state index contributed by atoms with van der Waals surface area (Å²) in [6, 6.07) is 16.1. The first kappa shape index (κ1) is 11.0. The molecule has 0 spiro atoms. The van der Waals surface area contributed by atoms with Gasteiger partial charge in [-0.1, -0.05) is 54.1 Å². The predicted octanol–water partition coefficient (Wildman–Crippen LogP) is 3.82. The Bertz CT molecular complexity index is 633. The molecule has 0 radical (unpaired) electrons. The highest BCUT2D eigenvalue weighted by molar-refractivity contribution is 6.15. The second-order valence-electron chi connectivity index (χ2n) is 4.74. The molecule has 0 N–H and O–H groups in total. The molecule has 1 aliphatic rings. The monoisotopic (exact) mass is 234 g/mol. The van der Waals surface area contributed by atoms with E-state index in [9.17, 15) is 4.79 Å². The first-order valence-corrected chi connectivity index (χ1v) is 6.14. The van der Waals surface area contributed by atoms with Crippen molar-refractivity contribution >= 4 is 11.9 Å². The molecule has 0 heterocycles. The van der Waals surface area contributed by atoms with E-state index in [2.05, 4.69) is 31.2 Å². The molecule has 18 heavy (non-hydrogen) atoms. The molecule has 88 valence electrons. The molecule has 0 bridgehead atoms. The van der Waals surface area contributed by atoms with Crippen molar-refractivity contribution < 1.29 is 4.79 Å². The number of hydrogen-bond donors (Lipinski definition) is 0. The molecular weight excluding hydrogens is 220 g/mol. The standard InChI is InChI=1S/C17H14O/c1-12-6-8-13(9-7-12)10-15-11-14-4-2-3-5-16(14)17(15)18/h2-10H,11H2,1H3. The van der Waals surface area contributed by atoms with Gasteiger partial charge in [-0.25, -0.2) is 0 Å². The second kappa shape index (κ2) is 4.26. The van der Waals surface area contributed by atoms with Crippen molar-refractivity contribution in [1.29, 1.82) is 0 Å². The van der Waals surface area contributed by atoms with Crippen LogP contribution in [0, 0.1) is 6.92 Å². The van der Waals surface area contributed by atoms with Gasteiger partial charge in [0.1, 0.15) is 0 Å². The molecule has 2 aromatic rings. The SMILES string of the molecule is Cc1ccc(C=C2Cc3ccccc3C2=O)cc1. The Morgan fingerprint density at radius 3 is 2.44 bits per heavy atom. The summed E-state index contributed by atoms with van der Waals surface area (Å²) in [5.74, 6) is 0.172. The van der Waals surface area contributed by atoms with E-state index >= 15 is 0 Å². The van der Waals surface area contributed by atoms with Crippen molar-refractivity contribution in [3.63, 3.8) is 0 Å². The molecule has 0 unspecified atom stereocenters. The first-order valence-electron chi connectivity index (χ1n) is 6.14. The number of carbonyl (C=O) groups is 1. The molecular formula is C17H14O. The van der Waals surface area contributed by atoms with Gasteiger partial charge in [0.15, 0.2) is 5.78 Å². The number of hydrogen-bond acceptors (Lipinski definition) is 1. The van der Waals surface area contributed by atoms with E-state index in [-0.39, 0.29) is 5.78 Å². The first-order chi connectivity index (χ1) is 8.74. The van der Waals surface area contributed by atoms with Crippen molar-refractivity contribution in [2.24, 2.45) is 0 Å². The number of Topliss-reactive ketones (excluding diaryl/α,β-unsaturated/α-hetero) is 1. The van der Waals surface area contributed by atoms with Crippen LogP contribution in [-0.4, -0.2) is 5.78 Å². The fraction of sp³-hybridized carbons (Fsp3) is 0.118. The highest BCUT2D eigenvalue weighted by Crippen LogP contribution is 2.27. The van der Waals surface area contributed by atoms with Crippen LogP contribution in [0.3, 0.4) is 0 Å². The van der Waals surface area contributed by atoms with E-state index in [0.29, 0.717) is 0 Å². The molecule has 0 atom stereocenters. The van der Waals surface area contributed by atoms with Gasteiger partial charge in [-0.05, 0) is 24.1 Å². The second-order valence-corrected chi connectivity index (χ2v) is 4.74. The maximum absolute atomic E-state index is 12.2. The third-order valence-electron chi connectivity index (χ3n) is 3.35. The van der Waals surface area contributed by atoms with Crippen molar-refractivity contribution in [2.45, 2.75) is 13.3 Å². The zero-order chi connectivity index (χ0) is 12.5. The Morgan fingerprint density at radius 1 is 1.00 bits per heavy atom. The van der Waals surface area contributed by atoms with Gasteiger partial charge in [-0.3, -0.25) is 4.79 Å². The van der Waals surface area contributed by atoms with Crippen LogP contribution in [0.15, 0.2) is 54.1 Å². The van der Waals surface area contributed by atoms with Crippen molar-refractivity contribution in [3.8, 4) is 0 Å². The minimum absolute atomic E-state index is 0.172. The van der Waals surface area contributed by atoms with E-state index in [1.807, 2.05) is 30.3 Å². The van der Waals surface area contributed by atoms with E-state index in [0.717, 1.165) is 28.7 Å². The average Bonchev–Trinajstić information content (AvgIpc) is 2.70. The Hall–Kier alpha value is -2.15. The lowest BCUT2D eigenvalue weighted by Crippen LogP contribution is -1.94. The van der Waals surface area contributed by atoms with E-state index < -0.39 is 0 Å². The van der Waals surface area contributed by atoms with Gasteiger partial charge in [0.2, 0.25) is 0 Å². The fourth-order valence-electron chi connectivity index (χ4n) is 2.33. The number of carbonyl (C=O) groups excluding carboxylic acids is 1. The van der Waals surface area contributed by atoms with Gasteiger partial charge >= 0.3 is 0 Å². The van der Waals surface area contributed by atoms with Gasteiger partial charge in [0, 0.05) is 17.6 Å². The summed E-state index contributed by atoms with van der Waals surface area (Å²) in [5, 5.41) is 0. The third-order valence-corrected chi connectivity index (χ3v) is 3.35. The lowest BCUT2D eigenvalue weighted by molar-refractivity contribution is 0.104. The summed E-state index contributed by atoms with van der Waals surface area (Å²) in [4.78, 5) is 12.2. The smallest absolute Gasteiger partial charge is 0.189 e. The lowest BCUT2D eigenvalue weighted by Gasteiger charge is -1.97. The topological polar surface area (TPSA) is 17.1 Å². The summed E-state index contributed by atoms with van der Waals surface area (Å²) < 4.78 is 0. The Balaban J connectivity index is 1.97. The summed E-state index contributed by atoms with van der Waals surface area (Å²) in [7, 11) is 0. The predicted molar refractivity (Wildman–Crippen MR) is 73.6 cm³/mol. The molecule has 0 aliphatic heterocycles. The average molecular weight is 234 g/mol. The van der Waals surface area contributed by atoms with Gasteiger partial charge < -0.3 is 0 Å². The number of ketones is 1. The highest BCUT2D eigenvalue weighted by atomic mass is 16.1. The summed E-state index contributed by atoms with van der Waals surface area (Å²) in [6.07, 6.45) is 2.75. The summed E-state index contributed by atoms with van der Waals surface area (Å²) >= 11 is 0. The van der Waals surface area contributed by atoms with Gasteiger partial charge in [-0.2, -0.15) is 0 Å². The molecule has 1 aliphatic carbocycles. The minimum Gasteiger partial charge on any atom is -0.289 e. The van der Waals surface area contributed by atoms with E-state index in [4.69, 9.17) is 0 Å². The van der Waals surface area contributed by atoms with Crippen molar-refractivity contribution in [2.75, 3.05) is 0 Å². The quantitative estimate of drug-likeness (QED) is 0.685. The van der Waals surface area contributed by atoms with Gasteiger partial charge in [0.25, 0.3) is 0 Å². The number of benzene rings is 2. The fourth-order valence-corrected chi connectivity index (χ4v) is 2.33. The molecule has 0 amide bonds. The zero-order valence-electron chi connectivity index (χ0n) is 10.3.